The molecule has 1 saturated heterocycles. The van der Waals surface area contributed by atoms with Crippen molar-refractivity contribution in [2.45, 2.75) is 13.1 Å². The molecule has 0 radical (unpaired) electrons. The minimum atomic E-state index is -0.891. The summed E-state index contributed by atoms with van der Waals surface area (Å²) in [5.41, 5.74) is 0.262. The number of carbonyl (C=O) groups is 3. The number of amides is 4. The summed E-state index contributed by atoms with van der Waals surface area (Å²) in [6.07, 6.45) is 0. The van der Waals surface area contributed by atoms with Crippen LogP contribution < -0.4 is 0 Å². The van der Waals surface area contributed by atoms with E-state index in [1.807, 2.05) is 5.38 Å². The number of halogens is 2. The van der Waals surface area contributed by atoms with Crippen LogP contribution >= 0.6 is 22.9 Å². The van der Waals surface area contributed by atoms with Gasteiger partial charge in [-0.15, -0.1) is 11.3 Å². The summed E-state index contributed by atoms with van der Waals surface area (Å²) >= 11 is 7.39. The van der Waals surface area contributed by atoms with E-state index in [0.29, 0.717) is 0 Å². The third kappa shape index (κ3) is 3.62. The third-order valence-electron chi connectivity index (χ3n) is 3.90. The Bertz CT molecular complexity index is 839. The van der Waals surface area contributed by atoms with Crippen molar-refractivity contribution in [1.82, 2.24) is 14.7 Å². The molecule has 0 unspecified atom stereocenters. The highest BCUT2D eigenvalue weighted by molar-refractivity contribution is 7.09. The molecule has 0 bridgehead atoms. The summed E-state index contributed by atoms with van der Waals surface area (Å²) in [6.45, 7) is -0.00286. The Kier molecular flexibility index (Phi) is 5.36. The van der Waals surface area contributed by atoms with Gasteiger partial charge in [-0.25, -0.2) is 14.1 Å². The lowest BCUT2D eigenvalue weighted by atomic mass is 10.2. The summed E-state index contributed by atoms with van der Waals surface area (Å²) in [5.74, 6) is -2.22. The van der Waals surface area contributed by atoms with Crippen LogP contribution in [0, 0.1) is 5.82 Å². The largest absolute Gasteiger partial charge is 0.335 e. The van der Waals surface area contributed by atoms with Gasteiger partial charge >= 0.3 is 17.8 Å². The van der Waals surface area contributed by atoms with Gasteiger partial charge < -0.3 is 0 Å². The number of rotatable bonds is 6. The quantitative estimate of drug-likeness (QED) is 0.557. The van der Waals surface area contributed by atoms with Crippen LogP contribution in [0.15, 0.2) is 35.7 Å². The minimum Gasteiger partial charge on any atom is -0.284 e. The molecule has 0 spiro atoms. The molecule has 0 atom stereocenters. The van der Waals surface area contributed by atoms with Gasteiger partial charge in [0, 0.05) is 22.0 Å². The van der Waals surface area contributed by atoms with Crippen molar-refractivity contribution in [2.24, 2.45) is 0 Å². The summed E-state index contributed by atoms with van der Waals surface area (Å²) in [4.78, 5) is 40.9. The lowest BCUT2D eigenvalue weighted by molar-refractivity contribution is -0.144. The fourth-order valence-electron chi connectivity index (χ4n) is 2.62. The zero-order valence-corrected chi connectivity index (χ0v) is 15.4. The molecule has 1 aliphatic heterocycles. The topological polar surface area (TPSA) is 60.9 Å². The number of urea groups is 1. The van der Waals surface area contributed by atoms with Gasteiger partial charge in [0.25, 0.3) is 0 Å². The Labute approximate surface area is 158 Å². The normalized spacial score (nSPS) is 14.8. The highest BCUT2D eigenvalue weighted by atomic mass is 35.5. The number of imide groups is 2. The SMILES string of the molecule is CN(Cc1c(F)cccc1Cl)CN1C(=O)C(=O)N(Cc2cccs2)C1=O. The summed E-state index contributed by atoms with van der Waals surface area (Å²) in [7, 11) is 1.61. The average molecular weight is 396 g/mol. The summed E-state index contributed by atoms with van der Waals surface area (Å²) in [6, 6.07) is 7.25. The van der Waals surface area contributed by atoms with Crippen molar-refractivity contribution < 1.29 is 18.8 Å². The van der Waals surface area contributed by atoms with E-state index in [-0.39, 0.29) is 30.3 Å². The zero-order chi connectivity index (χ0) is 18.8. The summed E-state index contributed by atoms with van der Waals surface area (Å²) in [5, 5.41) is 2.08. The van der Waals surface area contributed by atoms with E-state index in [1.54, 1.807) is 30.1 Å². The molecule has 0 N–H and O–H groups in total. The number of hydrogen-bond donors (Lipinski definition) is 0. The molecular weight excluding hydrogens is 381 g/mol. The van der Waals surface area contributed by atoms with E-state index in [4.69, 9.17) is 11.6 Å². The van der Waals surface area contributed by atoms with Crippen LogP contribution in [0.3, 0.4) is 0 Å². The van der Waals surface area contributed by atoms with E-state index >= 15 is 0 Å². The van der Waals surface area contributed by atoms with Crippen molar-refractivity contribution in [3.05, 3.63) is 57.0 Å². The fourth-order valence-corrected chi connectivity index (χ4v) is 3.53. The first kappa shape index (κ1) is 18.5. The van der Waals surface area contributed by atoms with Crippen LogP contribution in [0.25, 0.3) is 0 Å². The molecule has 0 saturated carbocycles. The molecular formula is C17H15ClFN3O3S. The van der Waals surface area contributed by atoms with Gasteiger partial charge in [-0.1, -0.05) is 23.7 Å². The minimum absolute atomic E-state index is 0.0560. The Morgan fingerprint density at radius 3 is 2.50 bits per heavy atom. The fraction of sp³-hybridized carbons (Fsp3) is 0.235. The van der Waals surface area contributed by atoms with E-state index in [9.17, 15) is 18.8 Å². The second-order valence-corrected chi connectivity index (χ2v) is 7.28. The molecule has 9 heteroatoms. The van der Waals surface area contributed by atoms with Crippen molar-refractivity contribution in [3.8, 4) is 0 Å². The van der Waals surface area contributed by atoms with Gasteiger partial charge in [0.2, 0.25) is 0 Å². The van der Waals surface area contributed by atoms with E-state index in [1.165, 1.54) is 23.5 Å². The first-order valence-corrected chi connectivity index (χ1v) is 8.95. The van der Waals surface area contributed by atoms with Crippen LogP contribution in [0.5, 0.6) is 0 Å². The lowest BCUT2D eigenvalue weighted by Crippen LogP contribution is -2.40. The van der Waals surface area contributed by atoms with Gasteiger partial charge in [-0.05, 0) is 30.6 Å². The molecule has 6 nitrogen and oxygen atoms in total. The second kappa shape index (κ2) is 7.53. The highest BCUT2D eigenvalue weighted by Crippen LogP contribution is 2.22. The van der Waals surface area contributed by atoms with Gasteiger partial charge in [0.1, 0.15) is 5.82 Å². The maximum absolute atomic E-state index is 13.9. The molecule has 2 aromatic rings. The average Bonchev–Trinajstić information content (AvgIpc) is 3.18. The maximum atomic E-state index is 13.9. The molecule has 1 aromatic carbocycles. The number of nitrogens with zero attached hydrogens (tertiary/aromatic N) is 3. The van der Waals surface area contributed by atoms with Gasteiger partial charge in [-0.3, -0.25) is 19.4 Å². The zero-order valence-electron chi connectivity index (χ0n) is 13.8. The van der Waals surface area contributed by atoms with Gasteiger partial charge in [0.05, 0.1) is 13.2 Å². The number of thiophene rings is 1. The van der Waals surface area contributed by atoms with E-state index in [0.717, 1.165) is 14.7 Å². The number of benzene rings is 1. The van der Waals surface area contributed by atoms with Crippen molar-refractivity contribution >= 4 is 40.8 Å². The first-order valence-electron chi connectivity index (χ1n) is 7.69. The monoisotopic (exact) mass is 395 g/mol. The smallest absolute Gasteiger partial charge is 0.284 e. The molecule has 0 aliphatic carbocycles. The third-order valence-corrected chi connectivity index (χ3v) is 5.12. The Balaban J connectivity index is 1.70. The van der Waals surface area contributed by atoms with Crippen molar-refractivity contribution in [2.75, 3.05) is 13.7 Å². The molecule has 1 aliphatic rings. The standard InChI is InChI=1S/C17H15ClFN3O3S/c1-20(9-12-13(18)5-2-6-14(12)19)10-22-16(24)15(23)21(17(22)25)8-11-4-3-7-26-11/h2-7H,8-10H2,1H3. The molecule has 1 fully saturated rings. The molecule has 136 valence electrons. The first-order chi connectivity index (χ1) is 12.4. The summed E-state index contributed by atoms with van der Waals surface area (Å²) < 4.78 is 13.9. The molecule has 26 heavy (non-hydrogen) atoms. The van der Waals surface area contributed by atoms with Crippen LogP contribution in [0.2, 0.25) is 5.02 Å². The highest BCUT2D eigenvalue weighted by Gasteiger charge is 2.44. The number of carbonyl (C=O) groups excluding carboxylic acids is 3. The predicted octanol–water partition coefficient (Wildman–Crippen LogP) is 2.92. The molecule has 3 rings (SSSR count). The Morgan fingerprint density at radius 2 is 1.85 bits per heavy atom. The molecule has 4 amide bonds. The number of hydrogen-bond acceptors (Lipinski definition) is 5. The van der Waals surface area contributed by atoms with Crippen LogP contribution in [-0.4, -0.2) is 46.3 Å². The lowest BCUT2D eigenvalue weighted by Gasteiger charge is -2.23. The van der Waals surface area contributed by atoms with E-state index < -0.39 is 23.7 Å². The Hall–Kier alpha value is -2.29. The van der Waals surface area contributed by atoms with Crippen molar-refractivity contribution in [3.63, 3.8) is 0 Å². The van der Waals surface area contributed by atoms with Crippen LogP contribution in [-0.2, 0) is 22.7 Å². The van der Waals surface area contributed by atoms with Crippen LogP contribution in [0.1, 0.15) is 10.4 Å². The second-order valence-electron chi connectivity index (χ2n) is 5.84. The Morgan fingerprint density at radius 1 is 1.12 bits per heavy atom. The van der Waals surface area contributed by atoms with Crippen LogP contribution in [0.4, 0.5) is 9.18 Å². The van der Waals surface area contributed by atoms with E-state index in [2.05, 4.69) is 0 Å². The predicted molar refractivity (Wildman–Crippen MR) is 94.9 cm³/mol. The maximum Gasteiger partial charge on any atom is 0.335 e. The molecule has 2 heterocycles. The van der Waals surface area contributed by atoms with Gasteiger partial charge in [0.15, 0.2) is 0 Å². The molecule has 1 aromatic heterocycles. The van der Waals surface area contributed by atoms with Gasteiger partial charge in [-0.2, -0.15) is 0 Å². The van der Waals surface area contributed by atoms with Crippen molar-refractivity contribution in [1.29, 1.82) is 0 Å².